The number of nitrogens with zero attached hydrogens (tertiary/aromatic N) is 7. The van der Waals surface area contributed by atoms with Crippen molar-refractivity contribution >= 4 is 82.5 Å². The third-order valence-corrected chi connectivity index (χ3v) is 32.2. The Morgan fingerprint density at radius 2 is 0.493 bits per heavy atom. The van der Waals surface area contributed by atoms with Crippen LogP contribution in [0.4, 0.5) is 17.1 Å². The number of hydrogen-bond acceptors (Lipinski definition) is 4. The van der Waals surface area contributed by atoms with Gasteiger partial charge < -0.3 is 18.6 Å². The van der Waals surface area contributed by atoms with Crippen molar-refractivity contribution in [2.45, 2.75) is 63.2 Å². The zero-order valence-electron chi connectivity index (χ0n) is 81.9. The Bertz CT molecular complexity index is 9530. The first-order valence-corrected chi connectivity index (χ1v) is 50.9. The maximum Gasteiger partial charge on any atom is 0.164 e. The van der Waals surface area contributed by atoms with Gasteiger partial charge in [0.25, 0.3) is 0 Å². The first-order valence-electron chi connectivity index (χ1n) is 50.9. The summed E-state index contributed by atoms with van der Waals surface area (Å²) in [6.45, 7) is 14.1. The molecule has 146 heavy (non-hydrogen) atoms. The third-order valence-electron chi connectivity index (χ3n) is 32.2. The second-order valence-electron chi connectivity index (χ2n) is 41.2. The highest BCUT2D eigenvalue weighted by Crippen LogP contribution is 2.66. The van der Waals surface area contributed by atoms with Gasteiger partial charge in [-0.15, -0.1) is 0 Å². The minimum atomic E-state index is -0.403. The van der Waals surface area contributed by atoms with Crippen molar-refractivity contribution in [3.63, 3.8) is 0 Å². The van der Waals surface area contributed by atoms with Crippen LogP contribution in [0.1, 0.15) is 97.2 Å². The Kier molecular flexibility index (Phi) is 19.5. The molecule has 4 heterocycles. The van der Waals surface area contributed by atoms with Crippen molar-refractivity contribution in [2.24, 2.45) is 0 Å². The minimum absolute atomic E-state index is 0.0579. The van der Waals surface area contributed by atoms with Crippen molar-refractivity contribution in [3.05, 3.63) is 547 Å². The zero-order chi connectivity index (χ0) is 97.4. The number of rotatable bonds is 11. The fourth-order valence-corrected chi connectivity index (χ4v) is 25.4. The van der Waals surface area contributed by atoms with Crippen LogP contribution in [0, 0.1) is 0 Å². The van der Waals surface area contributed by atoms with Crippen LogP contribution >= 0.6 is 0 Å². The first-order chi connectivity index (χ1) is 71.7. The third kappa shape index (κ3) is 13.1. The molecule has 0 bridgehead atoms. The van der Waals surface area contributed by atoms with Crippen LogP contribution in [0.15, 0.2) is 491 Å². The smallest absolute Gasteiger partial charge is 0.164 e. The van der Waals surface area contributed by atoms with Crippen LogP contribution in [-0.4, -0.2) is 28.7 Å². The number of hydrogen-bond donors (Lipinski definition) is 0. The van der Waals surface area contributed by atoms with Crippen LogP contribution in [-0.2, 0) is 21.7 Å². The van der Waals surface area contributed by atoms with Crippen LogP contribution in [0.25, 0.3) is 195 Å². The molecule has 30 rings (SSSR count). The molecule has 7 heteroatoms. The first kappa shape index (κ1) is 85.8. The van der Waals surface area contributed by atoms with Crippen molar-refractivity contribution < 1.29 is 0 Å². The number of benzene rings is 21. The van der Waals surface area contributed by atoms with E-state index >= 15 is 0 Å². The molecule has 7 nitrogen and oxygen atoms in total. The molecule has 0 radical (unpaired) electrons. The van der Waals surface area contributed by atoms with Gasteiger partial charge in [0.1, 0.15) is 0 Å². The molecule has 0 N–H and O–H groups in total. The van der Waals surface area contributed by atoms with E-state index in [1.807, 2.05) is 60.7 Å². The lowest BCUT2D eigenvalue weighted by molar-refractivity contribution is 0.660. The summed E-state index contributed by atoms with van der Waals surface area (Å²) >= 11 is 0. The monoisotopic (exact) mass is 1870 g/mol. The van der Waals surface area contributed by atoms with Crippen molar-refractivity contribution in [3.8, 4) is 129 Å². The fraction of sp³-hybridized carbons (Fsp3) is 0.0719. The van der Waals surface area contributed by atoms with E-state index in [1.165, 1.54) is 216 Å². The summed E-state index contributed by atoms with van der Waals surface area (Å²) in [6, 6.07) is 179. The highest BCUT2D eigenvalue weighted by atomic mass is 15.1. The predicted molar refractivity (Wildman–Crippen MR) is 607 cm³/mol. The summed E-state index contributed by atoms with van der Waals surface area (Å²) in [5.41, 5.74) is 48.3. The molecule has 0 saturated carbocycles. The molecular weight excluding hydrogens is 1770 g/mol. The molecule has 0 amide bonds. The van der Waals surface area contributed by atoms with Gasteiger partial charge in [0.2, 0.25) is 0 Å². The predicted octanol–water partition coefficient (Wildman–Crippen LogP) is 35.6. The van der Waals surface area contributed by atoms with E-state index in [4.69, 9.17) is 15.0 Å². The van der Waals surface area contributed by atoms with E-state index in [9.17, 15) is 0 Å². The molecule has 0 unspecified atom stereocenters. The van der Waals surface area contributed by atoms with Gasteiger partial charge in [0, 0.05) is 99.3 Å². The van der Waals surface area contributed by atoms with Gasteiger partial charge >= 0.3 is 0 Å². The highest BCUT2D eigenvalue weighted by molar-refractivity contribution is 6.16. The van der Waals surface area contributed by atoms with Crippen molar-refractivity contribution in [2.75, 3.05) is 4.90 Å². The maximum absolute atomic E-state index is 5.00. The second kappa shape index (κ2) is 33.2. The zero-order valence-corrected chi connectivity index (χ0v) is 81.9. The Morgan fingerprint density at radius 3 is 0.993 bits per heavy atom. The Hall–Kier alpha value is -18.2. The van der Waals surface area contributed by atoms with Gasteiger partial charge in [-0.05, 0) is 255 Å². The van der Waals surface area contributed by atoms with Crippen LogP contribution in [0.3, 0.4) is 0 Å². The van der Waals surface area contributed by atoms with Gasteiger partial charge in [0.05, 0.1) is 44.2 Å². The summed E-state index contributed by atoms with van der Waals surface area (Å²) in [5, 5.41) is 7.60. The molecule has 0 aliphatic heterocycles. The molecule has 4 aromatic heterocycles. The van der Waals surface area contributed by atoms with Gasteiger partial charge in [-0.25, -0.2) is 15.0 Å². The molecule has 690 valence electrons. The van der Waals surface area contributed by atoms with E-state index in [0.717, 1.165) is 33.8 Å². The molecule has 0 saturated heterocycles. The van der Waals surface area contributed by atoms with Gasteiger partial charge in [-0.3, -0.25) is 0 Å². The Morgan fingerprint density at radius 1 is 0.178 bits per heavy atom. The summed E-state index contributed by atoms with van der Waals surface area (Å²) in [5.74, 6) is 1.96. The van der Waals surface area contributed by atoms with Crippen molar-refractivity contribution in [1.29, 1.82) is 0 Å². The molecule has 5 aliphatic rings. The molecule has 1 spiro atoms. The second-order valence-corrected chi connectivity index (χ2v) is 41.2. The van der Waals surface area contributed by atoms with E-state index < -0.39 is 5.41 Å². The largest absolute Gasteiger partial charge is 0.310 e. The standard InChI is InChI=1S/C52H37N.C45H32N2.C42H30N4/c1-51(2)43-21-10-6-17-38(43)41-32-31-37(33-48(41)51)53(36-29-27-35(28-30-36)34-15-4-3-5-16-34)49-26-14-25-47-50(49)42-20-9-13-24-46(42)52(47)44-22-11-7-18-39(44)40-19-8-12-23-45(40)52;1-45(2)39-19-11-9-17-33(39)35-27-38-37-26-30(22-24-43(37)47(44(38)28-40(35)45)32-15-7-4-8-16-32)29-21-23-42-36(25-29)34-18-10-12-20-41(34)46(42)31-13-5-3-6-14-31;1-42(2)35-22-11-9-20-31(35)33-25-34-32-21-10-12-23-37(32)46(38(34)26-36(33)42)30-19-13-18-29(24-30)41-44-39(27-14-5-3-6-15-27)43-40(45-41)28-16-7-4-8-17-28/h3-33H,1-2H3;3-28H,1-2H3;3-26H,1-2H3. The van der Waals surface area contributed by atoms with Crippen molar-refractivity contribution in [1.82, 2.24) is 28.7 Å². The number of aromatic nitrogens is 6. The molecule has 0 atom stereocenters. The molecular formula is C139H99N7. The topological polar surface area (TPSA) is 56.7 Å². The number of fused-ring (bicyclic) bond motifs is 28. The highest BCUT2D eigenvalue weighted by Gasteiger charge is 2.53. The summed E-state index contributed by atoms with van der Waals surface area (Å²) in [7, 11) is 0. The quantitative estimate of drug-likeness (QED) is 0.129. The van der Waals surface area contributed by atoms with Gasteiger partial charge in [-0.2, -0.15) is 0 Å². The SMILES string of the molecule is CC1(C)c2ccccc2-c2cc3c4cc(-c5ccc6c(c5)c5ccccc5n6-c5ccccc5)ccc4n(-c4ccccc4)c3cc21.CC1(C)c2ccccc2-c2cc3c4ccccc4n(-c4cccc(-c5nc(-c6ccccc6)nc(-c6ccccc6)n5)c4)c3cc21.CC1(C)c2ccccc2-c2ccc(N(c3ccc(-c4ccccc4)cc3)c3cccc4c3-c3ccccc3C43c4ccccc4-c4ccccc43)cc21. The average molecular weight is 1870 g/mol. The lowest BCUT2D eigenvalue weighted by Gasteiger charge is -2.32. The minimum Gasteiger partial charge on any atom is -0.310 e. The lowest BCUT2D eigenvalue weighted by atomic mass is 9.70. The normalized spacial score (nSPS) is 13.8. The average Bonchev–Trinajstić information content (AvgIpc) is 1.50. The van der Waals surface area contributed by atoms with Crippen LogP contribution in [0.2, 0.25) is 0 Å². The lowest BCUT2D eigenvalue weighted by Crippen LogP contribution is -2.26. The summed E-state index contributed by atoms with van der Waals surface area (Å²) in [6.07, 6.45) is 0. The number of anilines is 3. The summed E-state index contributed by atoms with van der Waals surface area (Å²) < 4.78 is 7.22. The molecule has 25 aromatic rings. The van der Waals surface area contributed by atoms with Crippen LogP contribution in [0.5, 0.6) is 0 Å². The molecule has 0 fully saturated rings. The molecule has 21 aromatic carbocycles. The van der Waals surface area contributed by atoms with Gasteiger partial charge in [0.15, 0.2) is 17.5 Å². The number of para-hydroxylation sites is 4. The Labute approximate surface area is 849 Å². The maximum atomic E-state index is 5.00. The van der Waals surface area contributed by atoms with E-state index in [2.05, 4.69) is 491 Å². The van der Waals surface area contributed by atoms with E-state index in [-0.39, 0.29) is 16.2 Å². The molecule has 5 aliphatic carbocycles. The van der Waals surface area contributed by atoms with E-state index in [1.54, 1.807) is 0 Å². The van der Waals surface area contributed by atoms with E-state index in [0.29, 0.717) is 17.5 Å². The fourth-order valence-electron chi connectivity index (χ4n) is 25.4. The van der Waals surface area contributed by atoms with Gasteiger partial charge in [-0.1, -0.05) is 406 Å². The van der Waals surface area contributed by atoms with Crippen LogP contribution < -0.4 is 4.90 Å². The summed E-state index contributed by atoms with van der Waals surface area (Å²) in [4.78, 5) is 17.4. The Balaban J connectivity index is 0.000000106.